The lowest BCUT2D eigenvalue weighted by Crippen LogP contribution is -2.03. The number of alkyl halides is 3. The predicted molar refractivity (Wildman–Crippen MR) is 36.1 cm³/mol. The maximum absolute atomic E-state index is 11.9. The van der Waals surface area contributed by atoms with Gasteiger partial charge in [-0.05, 0) is 6.07 Å². The number of nitrogens with zero attached hydrogens (tertiary/aromatic N) is 2. The maximum Gasteiger partial charge on any atom is 0.333 e. The highest BCUT2D eigenvalue weighted by molar-refractivity contribution is 9.08. The third-order valence-corrected chi connectivity index (χ3v) is 1.65. The summed E-state index contributed by atoms with van der Waals surface area (Å²) in [4.78, 5) is 0. The molecule has 0 N–H and O–H groups in total. The number of hydrogen-bond donors (Lipinski definition) is 0. The molecule has 0 unspecified atom stereocenters. The van der Waals surface area contributed by atoms with E-state index in [1.807, 2.05) is 0 Å². The Morgan fingerprint density at radius 1 is 1.70 bits per heavy atom. The summed E-state index contributed by atoms with van der Waals surface area (Å²) in [5.74, 6) is 0. The Balaban J connectivity index is 2.90. The third kappa shape index (κ3) is 1.34. The molecule has 0 saturated heterocycles. The molecule has 0 bridgehead atoms. The summed E-state index contributed by atoms with van der Waals surface area (Å²) in [6.45, 7) is -2.54. The molecule has 0 amide bonds. The fourth-order valence-electron chi connectivity index (χ4n) is 0.623. The van der Waals surface area contributed by atoms with Gasteiger partial charge in [0.05, 0.1) is 5.69 Å². The van der Waals surface area contributed by atoms with Crippen molar-refractivity contribution in [2.24, 2.45) is 0 Å². The van der Waals surface area contributed by atoms with Crippen LogP contribution in [0.4, 0.5) is 8.78 Å². The number of rotatable bonds is 2. The molecule has 2 nitrogen and oxygen atoms in total. The second-order valence-electron chi connectivity index (χ2n) is 1.68. The van der Waals surface area contributed by atoms with Gasteiger partial charge >= 0.3 is 6.55 Å². The molecule has 0 radical (unpaired) electrons. The second-order valence-corrected chi connectivity index (χ2v) is 2.24. The zero-order valence-corrected chi connectivity index (χ0v) is 6.55. The first-order valence-corrected chi connectivity index (χ1v) is 3.74. The topological polar surface area (TPSA) is 17.8 Å². The average molecular weight is 211 g/mol. The second kappa shape index (κ2) is 3.09. The van der Waals surface area contributed by atoms with Gasteiger partial charge in [0.25, 0.3) is 0 Å². The Hall–Kier alpha value is -0.450. The van der Waals surface area contributed by atoms with Crippen molar-refractivity contribution in [3.63, 3.8) is 0 Å². The zero-order valence-electron chi connectivity index (χ0n) is 4.97. The normalized spacial score (nSPS) is 10.8. The van der Waals surface area contributed by atoms with E-state index < -0.39 is 6.55 Å². The van der Waals surface area contributed by atoms with Crippen LogP contribution in [0.1, 0.15) is 12.2 Å². The summed E-state index contributed by atoms with van der Waals surface area (Å²) in [6.07, 6.45) is 1.35. The lowest BCUT2D eigenvalue weighted by Gasteiger charge is -2.01. The third-order valence-electron chi connectivity index (χ3n) is 1.07. The van der Waals surface area contributed by atoms with Crippen LogP contribution in [0.15, 0.2) is 12.3 Å². The molecule has 56 valence electrons. The molecular weight excluding hydrogens is 206 g/mol. The first kappa shape index (κ1) is 7.65. The van der Waals surface area contributed by atoms with Crippen LogP contribution in [-0.4, -0.2) is 9.78 Å². The lowest BCUT2D eigenvalue weighted by atomic mass is 10.5. The summed E-state index contributed by atoms with van der Waals surface area (Å²) in [7, 11) is 0. The lowest BCUT2D eigenvalue weighted by molar-refractivity contribution is 0.0543. The molecule has 1 aromatic heterocycles. The quantitative estimate of drug-likeness (QED) is 0.685. The van der Waals surface area contributed by atoms with Gasteiger partial charge in [-0.1, -0.05) is 15.9 Å². The van der Waals surface area contributed by atoms with Crippen LogP contribution in [-0.2, 0) is 5.33 Å². The summed E-state index contributed by atoms with van der Waals surface area (Å²) in [5, 5.41) is 3.82. The fraction of sp³-hybridized carbons (Fsp3) is 0.400. The first-order valence-electron chi connectivity index (χ1n) is 2.62. The van der Waals surface area contributed by atoms with Gasteiger partial charge < -0.3 is 0 Å². The Morgan fingerprint density at radius 2 is 2.40 bits per heavy atom. The Bertz CT molecular complexity index is 211. The minimum Gasteiger partial charge on any atom is -0.208 e. The fourth-order valence-corrected chi connectivity index (χ4v) is 1.07. The van der Waals surface area contributed by atoms with E-state index in [1.54, 1.807) is 6.07 Å². The van der Waals surface area contributed by atoms with Crippen LogP contribution in [0.2, 0.25) is 0 Å². The molecule has 1 heterocycles. The molecule has 0 aliphatic rings. The summed E-state index contributed by atoms with van der Waals surface area (Å²) in [5.41, 5.74) is 0.481. The maximum atomic E-state index is 11.9. The Kier molecular flexibility index (Phi) is 2.37. The average Bonchev–Trinajstić information content (AvgIpc) is 2.33. The predicted octanol–water partition coefficient (Wildman–Crippen LogP) is 2.17. The molecule has 5 heteroatoms. The van der Waals surface area contributed by atoms with Gasteiger partial charge in [-0.15, -0.1) is 0 Å². The number of halogens is 3. The molecule has 0 saturated carbocycles. The van der Waals surface area contributed by atoms with Crippen molar-refractivity contribution in [1.82, 2.24) is 9.78 Å². The highest BCUT2D eigenvalue weighted by atomic mass is 79.9. The van der Waals surface area contributed by atoms with Gasteiger partial charge in [0, 0.05) is 11.5 Å². The van der Waals surface area contributed by atoms with Crippen molar-refractivity contribution in [3.05, 3.63) is 18.0 Å². The van der Waals surface area contributed by atoms with Crippen LogP contribution in [0.5, 0.6) is 0 Å². The molecule has 0 aromatic carbocycles. The Labute approximate surface area is 65.0 Å². The molecule has 0 atom stereocenters. The van der Waals surface area contributed by atoms with Crippen molar-refractivity contribution in [1.29, 1.82) is 0 Å². The molecule has 1 rings (SSSR count). The summed E-state index contributed by atoms with van der Waals surface area (Å²) < 4.78 is 24.5. The van der Waals surface area contributed by atoms with Crippen LogP contribution in [0, 0.1) is 0 Å². The number of aromatic nitrogens is 2. The van der Waals surface area contributed by atoms with Crippen molar-refractivity contribution in [2.45, 2.75) is 11.9 Å². The summed E-state index contributed by atoms with van der Waals surface area (Å²) >= 11 is 3.06. The van der Waals surface area contributed by atoms with E-state index in [0.717, 1.165) is 0 Å². The van der Waals surface area contributed by atoms with Crippen LogP contribution in [0.25, 0.3) is 0 Å². The van der Waals surface area contributed by atoms with Gasteiger partial charge in [0.15, 0.2) is 0 Å². The van der Waals surface area contributed by atoms with E-state index in [9.17, 15) is 8.78 Å². The molecular formula is C5H5BrF2N2. The monoisotopic (exact) mass is 210 g/mol. The van der Waals surface area contributed by atoms with E-state index in [-0.39, 0.29) is 0 Å². The number of hydrogen-bond acceptors (Lipinski definition) is 1. The van der Waals surface area contributed by atoms with Crippen LogP contribution >= 0.6 is 15.9 Å². The van der Waals surface area contributed by atoms with Gasteiger partial charge in [-0.25, -0.2) is 4.68 Å². The van der Waals surface area contributed by atoms with Gasteiger partial charge in [-0.3, -0.25) is 0 Å². The highest BCUT2D eigenvalue weighted by Gasteiger charge is 2.09. The molecule has 10 heavy (non-hydrogen) atoms. The van der Waals surface area contributed by atoms with Gasteiger partial charge in [-0.2, -0.15) is 13.9 Å². The minimum atomic E-state index is -2.54. The standard InChI is InChI=1S/C5H5BrF2N2/c6-3-4-1-2-9-10(4)5(7)8/h1-2,5H,3H2. The smallest absolute Gasteiger partial charge is 0.208 e. The van der Waals surface area contributed by atoms with Crippen LogP contribution < -0.4 is 0 Å². The van der Waals surface area contributed by atoms with Gasteiger partial charge in [0.1, 0.15) is 0 Å². The van der Waals surface area contributed by atoms with E-state index in [0.29, 0.717) is 15.7 Å². The van der Waals surface area contributed by atoms with Crippen LogP contribution in [0.3, 0.4) is 0 Å². The van der Waals surface area contributed by atoms with Crippen molar-refractivity contribution < 1.29 is 8.78 Å². The van der Waals surface area contributed by atoms with Crippen molar-refractivity contribution in [3.8, 4) is 0 Å². The first-order chi connectivity index (χ1) is 4.75. The van der Waals surface area contributed by atoms with Crippen molar-refractivity contribution >= 4 is 15.9 Å². The van der Waals surface area contributed by atoms with Gasteiger partial charge in [0.2, 0.25) is 0 Å². The van der Waals surface area contributed by atoms with E-state index in [2.05, 4.69) is 21.0 Å². The molecule has 0 fully saturated rings. The van der Waals surface area contributed by atoms with E-state index >= 15 is 0 Å². The van der Waals surface area contributed by atoms with E-state index in [1.165, 1.54) is 6.20 Å². The minimum absolute atomic E-state index is 0.400. The molecule has 0 aliphatic heterocycles. The molecule has 1 aromatic rings. The molecule has 0 spiro atoms. The van der Waals surface area contributed by atoms with Crippen molar-refractivity contribution in [2.75, 3.05) is 0 Å². The highest BCUT2D eigenvalue weighted by Crippen LogP contribution is 2.13. The van der Waals surface area contributed by atoms with E-state index in [4.69, 9.17) is 0 Å². The zero-order chi connectivity index (χ0) is 7.56. The molecule has 0 aliphatic carbocycles. The SMILES string of the molecule is FC(F)n1nccc1CBr. The summed E-state index contributed by atoms with van der Waals surface area (Å²) in [6, 6.07) is 1.54. The largest absolute Gasteiger partial charge is 0.333 e. The Morgan fingerprint density at radius 3 is 2.80 bits per heavy atom.